The third kappa shape index (κ3) is 6.29. The van der Waals surface area contributed by atoms with Gasteiger partial charge in [0.2, 0.25) is 0 Å². The van der Waals surface area contributed by atoms with E-state index >= 15 is 0 Å². The predicted molar refractivity (Wildman–Crippen MR) is 187 cm³/mol. The van der Waals surface area contributed by atoms with Crippen LogP contribution in [0.3, 0.4) is 0 Å². The summed E-state index contributed by atoms with van der Waals surface area (Å²) in [5, 5.41) is 0. The maximum Gasteiger partial charge on any atom is 0.196 e. The smallest absolute Gasteiger partial charge is 0.196 e. The van der Waals surface area contributed by atoms with Crippen LogP contribution in [0, 0.1) is 6.92 Å². The van der Waals surface area contributed by atoms with E-state index in [2.05, 4.69) is 31.2 Å². The number of hydrogen-bond donors (Lipinski definition) is 0. The molecule has 1 aliphatic carbocycles. The number of ketones is 2. The monoisotopic (exact) mass is 654 g/mol. The Kier molecular flexibility index (Phi) is 8.72. The molecule has 0 bridgehead atoms. The van der Waals surface area contributed by atoms with Crippen LogP contribution in [0.25, 0.3) is 0 Å². The summed E-state index contributed by atoms with van der Waals surface area (Å²) in [6.45, 7) is 2.06. The largest absolute Gasteiger partial charge is 0.288 e. The van der Waals surface area contributed by atoms with Crippen LogP contribution in [0.1, 0.15) is 37.4 Å². The Morgan fingerprint density at radius 2 is 0.600 bits per heavy atom. The highest BCUT2D eigenvalue weighted by molar-refractivity contribution is 8.00. The van der Waals surface area contributed by atoms with Crippen LogP contribution >= 0.6 is 47.0 Å². The second-order valence-corrected chi connectivity index (χ2v) is 14.9. The molecule has 0 saturated heterocycles. The summed E-state index contributed by atoms with van der Waals surface area (Å²) >= 11 is 6.09. The summed E-state index contributed by atoms with van der Waals surface area (Å²) in [5.74, 6) is -0.225. The number of benzene rings is 6. The quantitative estimate of drug-likeness (QED) is 0.162. The Hall–Kier alpha value is -3.94. The molecule has 0 heterocycles. The first kappa shape index (κ1) is 29.8. The van der Waals surface area contributed by atoms with E-state index in [1.165, 1.54) is 52.6 Å². The second kappa shape index (κ2) is 13.2. The summed E-state index contributed by atoms with van der Waals surface area (Å²) in [6.07, 6.45) is 0. The molecule has 218 valence electrons. The van der Waals surface area contributed by atoms with Crippen LogP contribution in [0.5, 0.6) is 0 Å². The van der Waals surface area contributed by atoms with Crippen LogP contribution in [0.15, 0.2) is 179 Å². The van der Waals surface area contributed by atoms with Crippen molar-refractivity contribution in [1.29, 1.82) is 0 Å². The van der Waals surface area contributed by atoms with Crippen LogP contribution in [0.2, 0.25) is 0 Å². The zero-order chi connectivity index (χ0) is 30.8. The van der Waals surface area contributed by atoms with Crippen molar-refractivity contribution < 1.29 is 9.59 Å². The van der Waals surface area contributed by atoms with Gasteiger partial charge in [0.05, 0.1) is 0 Å². The average molecular weight is 655 g/mol. The molecular formula is C39H26O2S4. The van der Waals surface area contributed by atoms with E-state index in [0.717, 1.165) is 39.2 Å². The fourth-order valence-electron chi connectivity index (χ4n) is 5.20. The van der Waals surface area contributed by atoms with Crippen LogP contribution < -0.4 is 0 Å². The molecule has 2 nitrogen and oxygen atoms in total. The van der Waals surface area contributed by atoms with Crippen molar-refractivity contribution in [3.63, 3.8) is 0 Å². The average Bonchev–Trinajstić information content (AvgIpc) is 3.07. The van der Waals surface area contributed by atoms with Gasteiger partial charge in [-0.25, -0.2) is 0 Å². The molecule has 0 fully saturated rings. The SMILES string of the molecule is Cc1ccc(Sc2ccc(Sc3ccccc3)c3c2C(=O)c2c(Sc4ccccc4)ccc(Sc4ccccc4)c2C3=O)cc1. The molecular weight excluding hydrogens is 629 g/mol. The molecule has 0 aliphatic heterocycles. The van der Waals surface area contributed by atoms with E-state index in [0.29, 0.717) is 22.3 Å². The molecule has 0 N–H and O–H groups in total. The number of carbonyl (C=O) groups excluding carboxylic acids is 2. The van der Waals surface area contributed by atoms with Crippen molar-refractivity contribution in [2.45, 2.75) is 46.1 Å². The summed E-state index contributed by atoms with van der Waals surface area (Å²) < 4.78 is 0. The van der Waals surface area contributed by atoms with Crippen LogP contribution in [0.4, 0.5) is 0 Å². The molecule has 6 aromatic carbocycles. The Labute approximate surface area is 280 Å². The third-order valence-electron chi connectivity index (χ3n) is 7.33. The number of carbonyl (C=O) groups is 2. The topological polar surface area (TPSA) is 34.1 Å². The van der Waals surface area contributed by atoms with Gasteiger partial charge in [-0.1, -0.05) is 119 Å². The Morgan fingerprint density at radius 1 is 0.333 bits per heavy atom. The van der Waals surface area contributed by atoms with Gasteiger partial charge in [0.25, 0.3) is 0 Å². The van der Waals surface area contributed by atoms with E-state index in [9.17, 15) is 9.59 Å². The van der Waals surface area contributed by atoms with Gasteiger partial charge in [-0.05, 0) is 79.7 Å². The van der Waals surface area contributed by atoms with Crippen molar-refractivity contribution in [3.05, 3.63) is 167 Å². The molecule has 0 radical (unpaired) electrons. The standard InChI is InChI=1S/C39H26O2S4/c1-25-17-19-29(20-18-25)45-33-24-23-32(44-28-15-9-4-10-16-28)36-37(33)39(41)35-31(43-27-13-7-3-8-14-27)22-21-30(34(35)38(36)40)42-26-11-5-2-6-12-26/h2-24H,1H3. The minimum atomic E-state index is -0.113. The van der Waals surface area contributed by atoms with Crippen molar-refractivity contribution in [2.24, 2.45) is 0 Å². The van der Waals surface area contributed by atoms with Gasteiger partial charge < -0.3 is 0 Å². The lowest BCUT2D eigenvalue weighted by Crippen LogP contribution is -2.24. The molecule has 0 atom stereocenters. The molecule has 6 aromatic rings. The number of hydrogen-bond acceptors (Lipinski definition) is 6. The van der Waals surface area contributed by atoms with Gasteiger partial charge in [0, 0.05) is 61.4 Å². The van der Waals surface area contributed by atoms with Gasteiger partial charge in [0.1, 0.15) is 0 Å². The summed E-state index contributed by atoms with van der Waals surface area (Å²) in [5.41, 5.74) is 3.10. The van der Waals surface area contributed by atoms with E-state index in [1.807, 2.05) is 115 Å². The van der Waals surface area contributed by atoms with Gasteiger partial charge in [-0.15, -0.1) is 0 Å². The summed E-state index contributed by atoms with van der Waals surface area (Å²) in [4.78, 5) is 37.1. The lowest BCUT2D eigenvalue weighted by molar-refractivity contribution is 0.0970. The molecule has 1 aliphatic rings. The molecule has 45 heavy (non-hydrogen) atoms. The first-order valence-electron chi connectivity index (χ1n) is 14.4. The Balaban J connectivity index is 1.43. The highest BCUT2D eigenvalue weighted by Crippen LogP contribution is 2.48. The normalized spacial score (nSPS) is 12.1. The van der Waals surface area contributed by atoms with Gasteiger partial charge in [-0.3, -0.25) is 9.59 Å². The second-order valence-electron chi connectivity index (χ2n) is 10.4. The van der Waals surface area contributed by atoms with Crippen molar-refractivity contribution >= 4 is 58.6 Å². The van der Waals surface area contributed by atoms with E-state index in [1.54, 1.807) is 0 Å². The number of fused-ring (bicyclic) bond motifs is 2. The fraction of sp³-hybridized carbons (Fsp3) is 0.0256. The maximum absolute atomic E-state index is 14.9. The molecule has 0 amide bonds. The van der Waals surface area contributed by atoms with E-state index < -0.39 is 0 Å². The van der Waals surface area contributed by atoms with Gasteiger partial charge in [-0.2, -0.15) is 0 Å². The van der Waals surface area contributed by atoms with Crippen molar-refractivity contribution in [3.8, 4) is 0 Å². The predicted octanol–water partition coefficient (Wildman–Crippen LogP) is 11.4. The molecule has 6 heteroatoms. The van der Waals surface area contributed by atoms with E-state index in [4.69, 9.17) is 0 Å². The molecule has 0 aromatic heterocycles. The zero-order valence-corrected chi connectivity index (χ0v) is 27.5. The number of rotatable bonds is 8. The van der Waals surface area contributed by atoms with Crippen LogP contribution in [-0.4, -0.2) is 11.6 Å². The molecule has 0 unspecified atom stereocenters. The minimum absolute atomic E-state index is 0.112. The molecule has 7 rings (SSSR count). The van der Waals surface area contributed by atoms with E-state index in [-0.39, 0.29) is 11.6 Å². The zero-order valence-electron chi connectivity index (χ0n) is 24.2. The van der Waals surface area contributed by atoms with Gasteiger partial charge in [0.15, 0.2) is 11.6 Å². The minimum Gasteiger partial charge on any atom is -0.288 e. The fourth-order valence-corrected chi connectivity index (χ4v) is 9.10. The van der Waals surface area contributed by atoms with Crippen molar-refractivity contribution in [1.82, 2.24) is 0 Å². The summed E-state index contributed by atoms with van der Waals surface area (Å²) in [6, 6.07) is 46.3. The highest BCUT2D eigenvalue weighted by atomic mass is 32.2. The van der Waals surface area contributed by atoms with Crippen LogP contribution in [-0.2, 0) is 0 Å². The lowest BCUT2D eigenvalue weighted by Gasteiger charge is -2.26. The first-order chi connectivity index (χ1) is 22.0. The third-order valence-corrected chi connectivity index (χ3v) is 11.6. The molecule has 0 spiro atoms. The Bertz CT molecular complexity index is 2020. The highest BCUT2D eigenvalue weighted by Gasteiger charge is 2.38. The van der Waals surface area contributed by atoms with Gasteiger partial charge >= 0.3 is 0 Å². The Morgan fingerprint density at radius 3 is 0.889 bits per heavy atom. The van der Waals surface area contributed by atoms with Crippen molar-refractivity contribution in [2.75, 3.05) is 0 Å². The molecule has 0 saturated carbocycles. The number of aryl methyl sites for hydroxylation is 1. The lowest BCUT2D eigenvalue weighted by atomic mass is 9.84. The summed E-state index contributed by atoms with van der Waals surface area (Å²) in [7, 11) is 0. The first-order valence-corrected chi connectivity index (χ1v) is 17.7. The maximum atomic E-state index is 14.9.